The molecule has 0 N–H and O–H groups in total. The van der Waals surface area contributed by atoms with Crippen LogP contribution in [0.2, 0.25) is 0 Å². The van der Waals surface area contributed by atoms with Crippen LogP contribution in [-0.2, 0) is 5.41 Å². The van der Waals surface area contributed by atoms with Gasteiger partial charge in [-0.25, -0.2) is 0 Å². The molecule has 0 saturated carbocycles. The lowest BCUT2D eigenvalue weighted by atomic mass is 9.82. The van der Waals surface area contributed by atoms with Crippen LogP contribution >= 0.6 is 0 Å². The van der Waals surface area contributed by atoms with Crippen LogP contribution in [0, 0.1) is 0 Å². The van der Waals surface area contributed by atoms with Crippen molar-refractivity contribution in [2.45, 2.75) is 19.3 Å². The number of benzene rings is 10. The van der Waals surface area contributed by atoms with Crippen molar-refractivity contribution in [2.75, 3.05) is 4.90 Å². The average Bonchev–Trinajstić information content (AvgIpc) is 3.82. The summed E-state index contributed by atoms with van der Waals surface area (Å²) in [5, 5.41) is 4.55. The summed E-state index contributed by atoms with van der Waals surface area (Å²) in [5.74, 6) is 0. The largest absolute Gasteiger partial charge is 0.455 e. The number of fused-ring (bicyclic) bond motifs is 7. The van der Waals surface area contributed by atoms with Crippen molar-refractivity contribution in [1.82, 2.24) is 0 Å². The van der Waals surface area contributed by atoms with E-state index in [1.165, 1.54) is 66.4 Å². The van der Waals surface area contributed by atoms with Gasteiger partial charge in [-0.3, -0.25) is 0 Å². The molecule has 12 rings (SSSR count). The number of hydrogen-bond donors (Lipinski definition) is 0. The Bertz CT molecular complexity index is 3490. The third-order valence-electron chi connectivity index (χ3n) is 13.3. The zero-order valence-corrected chi connectivity index (χ0v) is 35.2. The Labute approximate surface area is 368 Å². The van der Waals surface area contributed by atoms with E-state index in [9.17, 15) is 0 Å². The van der Waals surface area contributed by atoms with Gasteiger partial charge in [0, 0.05) is 38.8 Å². The Morgan fingerprint density at radius 1 is 0.349 bits per heavy atom. The molecular formula is C61H43NO. The van der Waals surface area contributed by atoms with E-state index in [2.05, 4.69) is 243 Å². The van der Waals surface area contributed by atoms with Crippen molar-refractivity contribution in [3.63, 3.8) is 0 Å². The molecule has 0 aliphatic heterocycles. The van der Waals surface area contributed by atoms with Gasteiger partial charge in [-0.05, 0) is 121 Å². The molecule has 1 aliphatic rings. The summed E-state index contributed by atoms with van der Waals surface area (Å²) in [5.41, 5.74) is 19.7. The van der Waals surface area contributed by atoms with Crippen molar-refractivity contribution < 1.29 is 4.42 Å². The van der Waals surface area contributed by atoms with E-state index >= 15 is 0 Å². The van der Waals surface area contributed by atoms with Crippen molar-refractivity contribution in [1.29, 1.82) is 0 Å². The van der Waals surface area contributed by atoms with E-state index in [0.717, 1.165) is 50.1 Å². The molecule has 11 aromatic rings. The minimum absolute atomic E-state index is 0.134. The first-order chi connectivity index (χ1) is 31.0. The molecule has 63 heavy (non-hydrogen) atoms. The molecule has 0 amide bonds. The van der Waals surface area contributed by atoms with E-state index in [0.29, 0.717) is 0 Å². The maximum Gasteiger partial charge on any atom is 0.143 e. The SMILES string of the molecule is CC1(C)c2ccccc2-c2ccc(N(c3ccc(-c4ccc(-c5ccccc5)cc4)cc3)c3ccc4oc5c(-c6ccc(-c7ccccc7)cc6)c6ccccc6cc5c4c3)cc21. The quantitative estimate of drug-likeness (QED) is 0.160. The van der Waals surface area contributed by atoms with Crippen molar-refractivity contribution in [2.24, 2.45) is 0 Å². The second-order valence-corrected chi connectivity index (χ2v) is 17.3. The van der Waals surface area contributed by atoms with Crippen LogP contribution in [0.3, 0.4) is 0 Å². The van der Waals surface area contributed by atoms with Crippen LogP contribution in [0.15, 0.2) is 229 Å². The highest BCUT2D eigenvalue weighted by atomic mass is 16.3. The number of hydrogen-bond acceptors (Lipinski definition) is 2. The molecular weight excluding hydrogens is 763 g/mol. The molecule has 0 spiro atoms. The van der Waals surface area contributed by atoms with Crippen LogP contribution in [0.25, 0.3) is 88.3 Å². The number of furan rings is 1. The van der Waals surface area contributed by atoms with Gasteiger partial charge in [0.15, 0.2) is 0 Å². The molecule has 2 heteroatoms. The predicted octanol–water partition coefficient (Wildman–Crippen LogP) is 17.2. The Morgan fingerprint density at radius 3 is 1.51 bits per heavy atom. The normalized spacial score (nSPS) is 12.7. The van der Waals surface area contributed by atoms with Gasteiger partial charge in [-0.1, -0.05) is 190 Å². The third kappa shape index (κ3) is 6.17. The average molecular weight is 806 g/mol. The van der Waals surface area contributed by atoms with E-state index in [1.807, 2.05) is 0 Å². The van der Waals surface area contributed by atoms with Crippen LogP contribution in [-0.4, -0.2) is 0 Å². The summed E-state index contributed by atoms with van der Waals surface area (Å²) in [7, 11) is 0. The van der Waals surface area contributed by atoms with E-state index in [1.54, 1.807) is 0 Å². The summed E-state index contributed by atoms with van der Waals surface area (Å²) < 4.78 is 6.91. The molecule has 1 aliphatic carbocycles. The molecule has 10 aromatic carbocycles. The zero-order valence-electron chi connectivity index (χ0n) is 35.2. The lowest BCUT2D eigenvalue weighted by molar-refractivity contribution is 0.660. The highest BCUT2D eigenvalue weighted by molar-refractivity contribution is 6.19. The van der Waals surface area contributed by atoms with Gasteiger partial charge in [-0.15, -0.1) is 0 Å². The Kier molecular flexibility index (Phi) is 8.55. The third-order valence-corrected chi connectivity index (χ3v) is 13.3. The van der Waals surface area contributed by atoms with Gasteiger partial charge >= 0.3 is 0 Å². The molecule has 0 saturated heterocycles. The topological polar surface area (TPSA) is 16.4 Å². The van der Waals surface area contributed by atoms with Crippen LogP contribution in [0.5, 0.6) is 0 Å². The smallest absolute Gasteiger partial charge is 0.143 e. The monoisotopic (exact) mass is 805 g/mol. The van der Waals surface area contributed by atoms with Gasteiger partial charge in [0.25, 0.3) is 0 Å². The Morgan fingerprint density at radius 2 is 0.841 bits per heavy atom. The summed E-state index contributed by atoms with van der Waals surface area (Å²) >= 11 is 0. The zero-order chi connectivity index (χ0) is 42.1. The summed E-state index contributed by atoms with van der Waals surface area (Å²) in [6.07, 6.45) is 0. The fourth-order valence-electron chi connectivity index (χ4n) is 10.0. The Balaban J connectivity index is 0.999. The second-order valence-electron chi connectivity index (χ2n) is 17.3. The summed E-state index contributed by atoms with van der Waals surface area (Å²) in [6, 6.07) is 81.5. The number of nitrogens with zero attached hydrogens (tertiary/aromatic N) is 1. The number of rotatable bonds is 7. The molecule has 2 nitrogen and oxygen atoms in total. The van der Waals surface area contributed by atoms with Gasteiger partial charge in [0.05, 0.1) is 0 Å². The lowest BCUT2D eigenvalue weighted by Crippen LogP contribution is -2.16. The lowest BCUT2D eigenvalue weighted by Gasteiger charge is -2.28. The minimum Gasteiger partial charge on any atom is -0.455 e. The van der Waals surface area contributed by atoms with Crippen LogP contribution in [0.1, 0.15) is 25.0 Å². The molecule has 0 atom stereocenters. The number of anilines is 3. The van der Waals surface area contributed by atoms with Gasteiger partial charge in [0.2, 0.25) is 0 Å². The summed E-state index contributed by atoms with van der Waals surface area (Å²) in [6.45, 7) is 4.70. The van der Waals surface area contributed by atoms with Crippen molar-refractivity contribution >= 4 is 49.8 Å². The maximum atomic E-state index is 6.91. The van der Waals surface area contributed by atoms with E-state index < -0.39 is 0 Å². The van der Waals surface area contributed by atoms with Crippen LogP contribution < -0.4 is 4.90 Å². The molecule has 1 heterocycles. The fraction of sp³-hybridized carbons (Fsp3) is 0.0492. The van der Waals surface area contributed by atoms with Gasteiger partial charge < -0.3 is 9.32 Å². The molecule has 0 unspecified atom stereocenters. The van der Waals surface area contributed by atoms with E-state index in [4.69, 9.17) is 4.42 Å². The Hall–Kier alpha value is -7.94. The minimum atomic E-state index is -0.134. The molecule has 298 valence electrons. The van der Waals surface area contributed by atoms with Gasteiger partial charge in [-0.2, -0.15) is 0 Å². The first-order valence-electron chi connectivity index (χ1n) is 21.8. The molecule has 0 fully saturated rings. The first-order valence-corrected chi connectivity index (χ1v) is 21.8. The standard InChI is InChI=1S/C61H43NO/c1-61(2)56-20-12-11-19-52(56)53-35-33-50(39-57(53)61)62(48-31-29-45(30-32-48)44-23-21-42(22-24-44)40-13-5-3-6-14-40)49-34-36-58-54(38-49)55-37-47-17-9-10-18-51(47)59(60(55)63-58)46-27-25-43(26-28-46)41-15-7-4-8-16-41/h3-39H,1-2H3. The summed E-state index contributed by atoms with van der Waals surface area (Å²) in [4.78, 5) is 2.41. The maximum absolute atomic E-state index is 6.91. The molecule has 0 bridgehead atoms. The predicted molar refractivity (Wildman–Crippen MR) is 265 cm³/mol. The highest BCUT2D eigenvalue weighted by Gasteiger charge is 2.35. The van der Waals surface area contributed by atoms with Crippen LogP contribution in [0.4, 0.5) is 17.1 Å². The highest BCUT2D eigenvalue weighted by Crippen LogP contribution is 2.51. The van der Waals surface area contributed by atoms with Crippen molar-refractivity contribution in [3.8, 4) is 55.6 Å². The van der Waals surface area contributed by atoms with Gasteiger partial charge in [0.1, 0.15) is 11.2 Å². The fourth-order valence-corrected chi connectivity index (χ4v) is 10.0. The first kappa shape index (κ1) is 36.9. The second kappa shape index (κ2) is 14.6. The molecule has 0 radical (unpaired) electrons. The molecule has 1 aromatic heterocycles. The van der Waals surface area contributed by atoms with E-state index in [-0.39, 0.29) is 5.41 Å². The van der Waals surface area contributed by atoms with Crippen molar-refractivity contribution in [3.05, 3.63) is 236 Å².